The first-order chi connectivity index (χ1) is 9.99. The maximum Gasteiger partial charge on any atom is 0.164 e. The highest BCUT2D eigenvalue weighted by molar-refractivity contribution is 6.20. The molecule has 3 rings (SSSR count). The molecule has 0 aliphatic carbocycles. The summed E-state index contributed by atoms with van der Waals surface area (Å²) < 4.78 is 15.7. The first-order valence-corrected chi connectivity index (χ1v) is 7.18. The molecule has 3 nitrogen and oxygen atoms in total. The van der Waals surface area contributed by atoms with E-state index in [1.165, 1.54) is 6.07 Å². The molecule has 1 aromatic carbocycles. The van der Waals surface area contributed by atoms with Crippen molar-refractivity contribution in [1.82, 2.24) is 14.5 Å². The van der Waals surface area contributed by atoms with Crippen LogP contribution in [0, 0.1) is 19.7 Å². The van der Waals surface area contributed by atoms with Crippen LogP contribution in [0.4, 0.5) is 4.39 Å². The molecule has 0 spiro atoms. The van der Waals surface area contributed by atoms with Crippen molar-refractivity contribution in [3.8, 4) is 5.69 Å². The first-order valence-electron chi connectivity index (χ1n) is 6.74. The van der Waals surface area contributed by atoms with Gasteiger partial charge in [0.25, 0.3) is 0 Å². The molecule has 0 radical (unpaired) electrons. The van der Waals surface area contributed by atoms with Crippen molar-refractivity contribution >= 4 is 22.8 Å². The van der Waals surface area contributed by atoms with Crippen molar-refractivity contribution in [3.05, 3.63) is 53.2 Å². The zero-order chi connectivity index (χ0) is 15.1. The number of imidazole rings is 1. The molecule has 21 heavy (non-hydrogen) atoms. The molecule has 5 heteroatoms. The van der Waals surface area contributed by atoms with Crippen molar-refractivity contribution in [1.29, 1.82) is 0 Å². The topological polar surface area (TPSA) is 30.7 Å². The third-order valence-corrected chi connectivity index (χ3v) is 3.70. The number of fused-ring (bicyclic) bond motifs is 1. The molecule has 2 heterocycles. The van der Waals surface area contributed by atoms with E-state index in [-0.39, 0.29) is 11.2 Å². The van der Waals surface area contributed by atoms with Crippen LogP contribution in [-0.2, 0) is 0 Å². The van der Waals surface area contributed by atoms with Crippen LogP contribution in [0.1, 0.15) is 29.4 Å². The average Bonchev–Trinajstić information content (AvgIpc) is 2.80. The number of nitrogens with zero attached hydrogens (tertiary/aromatic N) is 3. The summed E-state index contributed by atoms with van der Waals surface area (Å²) in [6, 6.07) is 8.79. The van der Waals surface area contributed by atoms with Crippen molar-refractivity contribution in [2.24, 2.45) is 0 Å². The minimum absolute atomic E-state index is 0.254. The molecule has 0 N–H and O–H groups in total. The number of hydrogen-bond donors (Lipinski definition) is 0. The lowest BCUT2D eigenvalue weighted by molar-refractivity contribution is 0.616. The summed E-state index contributed by atoms with van der Waals surface area (Å²) in [6.07, 6.45) is 0. The van der Waals surface area contributed by atoms with Crippen molar-refractivity contribution in [2.75, 3.05) is 0 Å². The highest BCUT2D eigenvalue weighted by Gasteiger charge is 2.19. The lowest BCUT2D eigenvalue weighted by atomic mass is 10.2. The third-order valence-electron chi connectivity index (χ3n) is 3.51. The molecule has 0 aliphatic heterocycles. The number of halogens is 2. The first kappa shape index (κ1) is 14.0. The van der Waals surface area contributed by atoms with Gasteiger partial charge in [-0.2, -0.15) is 0 Å². The molecule has 0 aliphatic rings. The molecular formula is C16H15ClFN3. The Morgan fingerprint density at radius 2 is 1.90 bits per heavy atom. The predicted molar refractivity (Wildman–Crippen MR) is 82.6 cm³/mol. The Labute approximate surface area is 127 Å². The van der Waals surface area contributed by atoms with Crippen molar-refractivity contribution < 1.29 is 4.39 Å². The third kappa shape index (κ3) is 2.29. The van der Waals surface area contributed by atoms with Crippen LogP contribution in [0.5, 0.6) is 0 Å². The highest BCUT2D eigenvalue weighted by Crippen LogP contribution is 2.29. The van der Waals surface area contributed by atoms with E-state index in [1.54, 1.807) is 13.0 Å². The number of rotatable bonds is 2. The second-order valence-electron chi connectivity index (χ2n) is 5.10. The van der Waals surface area contributed by atoms with Gasteiger partial charge in [-0.25, -0.2) is 14.4 Å². The van der Waals surface area contributed by atoms with E-state index in [1.807, 2.05) is 36.6 Å². The van der Waals surface area contributed by atoms with Gasteiger partial charge in [0, 0.05) is 11.3 Å². The highest BCUT2D eigenvalue weighted by atomic mass is 35.5. The van der Waals surface area contributed by atoms with Gasteiger partial charge < -0.3 is 0 Å². The molecule has 108 valence electrons. The Hall–Kier alpha value is -1.94. The van der Waals surface area contributed by atoms with Crippen LogP contribution in [0.15, 0.2) is 30.3 Å². The fourth-order valence-electron chi connectivity index (χ4n) is 2.41. The van der Waals surface area contributed by atoms with Crippen molar-refractivity contribution in [2.45, 2.75) is 26.1 Å². The van der Waals surface area contributed by atoms with E-state index in [0.717, 1.165) is 16.9 Å². The SMILES string of the molecule is Cc1ccc2nc(C(C)Cl)n(-c3cccc(F)c3C)c2n1. The number of hydrogen-bond acceptors (Lipinski definition) is 2. The number of pyridine rings is 1. The number of aromatic nitrogens is 3. The lowest BCUT2D eigenvalue weighted by Crippen LogP contribution is -2.05. The van der Waals surface area contributed by atoms with E-state index in [0.29, 0.717) is 17.0 Å². The average molecular weight is 304 g/mol. The van der Waals surface area contributed by atoms with Crippen LogP contribution in [-0.4, -0.2) is 14.5 Å². The fraction of sp³-hybridized carbons (Fsp3) is 0.250. The van der Waals surface area contributed by atoms with E-state index in [4.69, 9.17) is 11.6 Å². The minimum Gasteiger partial charge on any atom is -0.279 e. The van der Waals surface area contributed by atoms with Gasteiger partial charge in [0.05, 0.1) is 11.1 Å². The van der Waals surface area contributed by atoms with Gasteiger partial charge in [-0.05, 0) is 45.0 Å². The maximum atomic E-state index is 13.9. The standard InChI is InChI=1S/C16H15ClFN3/c1-9-7-8-13-16(19-9)21(15(20-13)11(3)17)14-6-4-5-12(18)10(14)2/h4-8,11H,1-3H3. The van der Waals surface area contributed by atoms with Crippen LogP contribution in [0.2, 0.25) is 0 Å². The normalized spacial score (nSPS) is 12.8. The fourth-order valence-corrected chi connectivity index (χ4v) is 2.56. The number of benzene rings is 1. The summed E-state index contributed by atoms with van der Waals surface area (Å²) in [4.78, 5) is 9.09. The summed E-state index contributed by atoms with van der Waals surface area (Å²) in [6.45, 7) is 5.51. The van der Waals surface area contributed by atoms with E-state index < -0.39 is 0 Å². The lowest BCUT2D eigenvalue weighted by Gasteiger charge is -2.13. The van der Waals surface area contributed by atoms with Gasteiger partial charge in [-0.3, -0.25) is 4.57 Å². The maximum absolute atomic E-state index is 13.9. The molecule has 2 aromatic heterocycles. The Balaban J connectivity index is 2.41. The van der Waals surface area contributed by atoms with E-state index in [9.17, 15) is 4.39 Å². The smallest absolute Gasteiger partial charge is 0.164 e. The molecule has 0 saturated heterocycles. The van der Waals surface area contributed by atoms with Crippen LogP contribution in [0.3, 0.4) is 0 Å². The number of alkyl halides is 1. The van der Waals surface area contributed by atoms with Gasteiger partial charge in [-0.15, -0.1) is 11.6 Å². The summed E-state index contributed by atoms with van der Waals surface area (Å²) in [5, 5.41) is -0.304. The van der Waals surface area contributed by atoms with Crippen molar-refractivity contribution in [3.63, 3.8) is 0 Å². The van der Waals surface area contributed by atoms with Crippen LogP contribution >= 0.6 is 11.6 Å². The zero-order valence-electron chi connectivity index (χ0n) is 12.1. The summed E-state index contributed by atoms with van der Waals surface area (Å²) in [7, 11) is 0. The van der Waals surface area contributed by atoms with Gasteiger partial charge in [0.2, 0.25) is 0 Å². The van der Waals surface area contributed by atoms with Gasteiger partial charge >= 0.3 is 0 Å². The second kappa shape index (κ2) is 5.11. The van der Waals surface area contributed by atoms with Gasteiger partial charge in [-0.1, -0.05) is 6.07 Å². The van der Waals surface area contributed by atoms with E-state index >= 15 is 0 Å². The Kier molecular flexibility index (Phi) is 3.41. The largest absolute Gasteiger partial charge is 0.279 e. The Morgan fingerprint density at radius 1 is 1.14 bits per heavy atom. The quantitative estimate of drug-likeness (QED) is 0.654. The Bertz CT molecular complexity index is 824. The predicted octanol–water partition coefficient (Wildman–Crippen LogP) is 4.48. The molecular weight excluding hydrogens is 289 g/mol. The molecule has 1 unspecified atom stereocenters. The van der Waals surface area contributed by atoms with E-state index in [2.05, 4.69) is 9.97 Å². The van der Waals surface area contributed by atoms with Crippen LogP contribution in [0.25, 0.3) is 16.9 Å². The summed E-state index contributed by atoms with van der Waals surface area (Å²) in [5.41, 5.74) is 3.61. The molecule has 0 amide bonds. The molecule has 1 atom stereocenters. The van der Waals surface area contributed by atoms with Crippen LogP contribution < -0.4 is 0 Å². The molecule has 0 fully saturated rings. The monoisotopic (exact) mass is 303 g/mol. The number of aryl methyl sites for hydroxylation is 1. The zero-order valence-corrected chi connectivity index (χ0v) is 12.8. The van der Waals surface area contributed by atoms with Gasteiger partial charge in [0.1, 0.15) is 17.2 Å². The summed E-state index contributed by atoms with van der Waals surface area (Å²) >= 11 is 6.26. The second-order valence-corrected chi connectivity index (χ2v) is 5.76. The molecule has 0 bridgehead atoms. The summed E-state index contributed by atoms with van der Waals surface area (Å²) in [5.74, 6) is 0.411. The minimum atomic E-state index is -0.304. The van der Waals surface area contributed by atoms with Gasteiger partial charge in [0.15, 0.2) is 5.65 Å². The molecule has 0 saturated carbocycles. The molecule has 3 aromatic rings. The Morgan fingerprint density at radius 3 is 2.62 bits per heavy atom.